The molecule has 2 N–H and O–H groups in total. The lowest BCUT2D eigenvalue weighted by Crippen LogP contribution is -2.32. The van der Waals surface area contributed by atoms with Gasteiger partial charge in [0.25, 0.3) is 0 Å². The van der Waals surface area contributed by atoms with Crippen molar-refractivity contribution in [1.82, 2.24) is 25.5 Å². The summed E-state index contributed by atoms with van der Waals surface area (Å²) in [5.74, 6) is 1.10. The average Bonchev–Trinajstić information content (AvgIpc) is 3.10. The van der Waals surface area contributed by atoms with E-state index in [-0.39, 0.29) is 18.3 Å². The Hall–Kier alpha value is -1.99. The Balaban J connectivity index is 0.00000208. The first-order valence-corrected chi connectivity index (χ1v) is 8.06. The molecule has 8 heteroatoms. The molecule has 7 nitrogen and oxygen atoms in total. The van der Waals surface area contributed by atoms with E-state index in [9.17, 15) is 4.79 Å². The molecule has 1 atom stereocenters. The van der Waals surface area contributed by atoms with Crippen LogP contribution in [0.3, 0.4) is 0 Å². The van der Waals surface area contributed by atoms with E-state index in [1.165, 1.54) is 6.33 Å². The fraction of sp³-hybridized carbons (Fsp3) is 0.500. The minimum absolute atomic E-state index is 0. The Morgan fingerprint density at radius 1 is 1.42 bits per heavy atom. The van der Waals surface area contributed by atoms with Gasteiger partial charge in [0.2, 0.25) is 5.91 Å². The molecule has 0 spiro atoms. The second-order valence-electron chi connectivity index (χ2n) is 6.12. The van der Waals surface area contributed by atoms with Crippen LogP contribution in [-0.4, -0.2) is 39.2 Å². The largest absolute Gasteiger partial charge is 0.326 e. The van der Waals surface area contributed by atoms with Gasteiger partial charge in [0, 0.05) is 12.1 Å². The molecular weight excluding hydrogens is 328 g/mol. The van der Waals surface area contributed by atoms with Crippen LogP contribution < -0.4 is 10.6 Å². The second kappa shape index (κ2) is 8.75. The Morgan fingerprint density at radius 2 is 2.21 bits per heavy atom. The van der Waals surface area contributed by atoms with Gasteiger partial charge >= 0.3 is 0 Å². The topological polar surface area (TPSA) is 84.7 Å². The average molecular weight is 351 g/mol. The molecule has 0 radical (unpaired) electrons. The minimum atomic E-state index is 0. The summed E-state index contributed by atoms with van der Waals surface area (Å²) in [7, 11) is 0. The molecule has 1 fully saturated rings. The summed E-state index contributed by atoms with van der Waals surface area (Å²) >= 11 is 0. The van der Waals surface area contributed by atoms with E-state index in [1.54, 1.807) is 4.68 Å². The van der Waals surface area contributed by atoms with Gasteiger partial charge < -0.3 is 10.6 Å². The third kappa shape index (κ3) is 4.75. The third-order valence-corrected chi connectivity index (χ3v) is 4.44. The summed E-state index contributed by atoms with van der Waals surface area (Å²) < 4.78 is 1.56. The van der Waals surface area contributed by atoms with Crippen LogP contribution in [0.5, 0.6) is 0 Å². The Bertz CT molecular complexity index is 642. The summed E-state index contributed by atoms with van der Waals surface area (Å²) in [6.45, 7) is 4.29. The lowest BCUT2D eigenvalue weighted by molar-refractivity contribution is -0.117. The SMILES string of the molecule is CC(CC(=O)Nc1cccc(-n2cnnn2)c1)C1CCNCC1.Cl. The van der Waals surface area contributed by atoms with Gasteiger partial charge in [-0.3, -0.25) is 4.79 Å². The number of rotatable bonds is 5. The molecule has 1 saturated heterocycles. The zero-order chi connectivity index (χ0) is 16.1. The number of hydrogen-bond donors (Lipinski definition) is 2. The predicted molar refractivity (Wildman–Crippen MR) is 94.4 cm³/mol. The molecule has 1 aliphatic heterocycles. The summed E-state index contributed by atoms with van der Waals surface area (Å²) in [5, 5.41) is 17.4. The van der Waals surface area contributed by atoms with Gasteiger partial charge in [-0.2, -0.15) is 0 Å². The molecule has 1 aliphatic rings. The standard InChI is InChI=1S/C16H22N6O.ClH/c1-12(13-5-7-17-8-6-13)9-16(23)19-14-3-2-4-15(10-14)22-11-18-20-21-22;/h2-4,10-13,17H,5-9H2,1H3,(H,19,23);1H. The number of amides is 1. The van der Waals surface area contributed by atoms with Crippen LogP contribution in [0.1, 0.15) is 26.2 Å². The molecule has 1 amide bonds. The van der Waals surface area contributed by atoms with Gasteiger partial charge in [-0.1, -0.05) is 13.0 Å². The van der Waals surface area contributed by atoms with Crippen molar-refractivity contribution >= 4 is 24.0 Å². The van der Waals surface area contributed by atoms with E-state index in [4.69, 9.17) is 0 Å². The molecule has 2 heterocycles. The van der Waals surface area contributed by atoms with Crippen LogP contribution >= 0.6 is 12.4 Å². The highest BCUT2D eigenvalue weighted by molar-refractivity contribution is 5.91. The number of anilines is 1. The van der Waals surface area contributed by atoms with Crippen LogP contribution in [0.25, 0.3) is 5.69 Å². The molecule has 0 saturated carbocycles. The molecule has 0 aliphatic carbocycles. The van der Waals surface area contributed by atoms with Crippen molar-refractivity contribution in [2.75, 3.05) is 18.4 Å². The van der Waals surface area contributed by atoms with Crippen molar-refractivity contribution in [2.24, 2.45) is 11.8 Å². The fourth-order valence-corrected chi connectivity index (χ4v) is 3.09. The van der Waals surface area contributed by atoms with Crippen molar-refractivity contribution in [3.05, 3.63) is 30.6 Å². The number of halogens is 1. The van der Waals surface area contributed by atoms with Crippen molar-refractivity contribution in [3.8, 4) is 5.69 Å². The molecule has 24 heavy (non-hydrogen) atoms. The molecule has 130 valence electrons. The quantitative estimate of drug-likeness (QED) is 0.862. The van der Waals surface area contributed by atoms with E-state index >= 15 is 0 Å². The highest BCUT2D eigenvalue weighted by atomic mass is 35.5. The molecular formula is C16H23ClN6O. The van der Waals surface area contributed by atoms with Gasteiger partial charge in [0.15, 0.2) is 0 Å². The Morgan fingerprint density at radius 3 is 2.92 bits per heavy atom. The lowest BCUT2D eigenvalue weighted by atomic mass is 9.84. The van der Waals surface area contributed by atoms with Crippen molar-refractivity contribution in [2.45, 2.75) is 26.2 Å². The second-order valence-corrected chi connectivity index (χ2v) is 6.12. The highest BCUT2D eigenvalue weighted by Gasteiger charge is 2.22. The van der Waals surface area contributed by atoms with Crippen molar-refractivity contribution < 1.29 is 4.79 Å². The molecule has 2 aromatic rings. The van der Waals surface area contributed by atoms with E-state index < -0.39 is 0 Å². The van der Waals surface area contributed by atoms with Crippen LogP contribution in [0, 0.1) is 11.8 Å². The number of nitrogens with one attached hydrogen (secondary N) is 2. The zero-order valence-corrected chi connectivity index (χ0v) is 14.5. The van der Waals surface area contributed by atoms with Gasteiger partial charge in [0.05, 0.1) is 5.69 Å². The first-order valence-electron chi connectivity index (χ1n) is 8.06. The number of aromatic nitrogens is 4. The van der Waals surface area contributed by atoms with Gasteiger partial charge in [0.1, 0.15) is 6.33 Å². The summed E-state index contributed by atoms with van der Waals surface area (Å²) in [5.41, 5.74) is 1.58. The van der Waals surface area contributed by atoms with Gasteiger partial charge in [-0.25, -0.2) is 4.68 Å². The monoisotopic (exact) mass is 350 g/mol. The Kier molecular flexibility index (Phi) is 6.69. The normalized spacial score (nSPS) is 16.2. The van der Waals surface area contributed by atoms with E-state index in [0.717, 1.165) is 37.3 Å². The van der Waals surface area contributed by atoms with Crippen LogP contribution in [0.2, 0.25) is 0 Å². The van der Waals surface area contributed by atoms with Crippen molar-refractivity contribution in [3.63, 3.8) is 0 Å². The molecule has 3 rings (SSSR count). The number of carbonyl (C=O) groups excluding carboxylic acids is 1. The highest BCUT2D eigenvalue weighted by Crippen LogP contribution is 2.24. The van der Waals surface area contributed by atoms with Gasteiger partial charge in [-0.15, -0.1) is 17.5 Å². The van der Waals surface area contributed by atoms with Crippen LogP contribution in [0.4, 0.5) is 5.69 Å². The molecule has 1 aromatic heterocycles. The minimum Gasteiger partial charge on any atom is -0.326 e. The molecule has 1 aromatic carbocycles. The van der Waals surface area contributed by atoms with E-state index in [2.05, 4.69) is 33.1 Å². The summed E-state index contributed by atoms with van der Waals surface area (Å²) in [6.07, 6.45) is 4.40. The first kappa shape index (κ1) is 18.4. The number of piperidine rings is 1. The lowest BCUT2D eigenvalue weighted by Gasteiger charge is -2.27. The summed E-state index contributed by atoms with van der Waals surface area (Å²) in [6, 6.07) is 7.51. The summed E-state index contributed by atoms with van der Waals surface area (Å²) in [4.78, 5) is 12.3. The fourth-order valence-electron chi connectivity index (χ4n) is 3.09. The number of benzene rings is 1. The first-order chi connectivity index (χ1) is 11.2. The third-order valence-electron chi connectivity index (χ3n) is 4.44. The Labute approximate surface area is 147 Å². The zero-order valence-electron chi connectivity index (χ0n) is 13.7. The number of tetrazole rings is 1. The number of hydrogen-bond acceptors (Lipinski definition) is 5. The van der Waals surface area contributed by atoms with Crippen molar-refractivity contribution in [1.29, 1.82) is 0 Å². The smallest absolute Gasteiger partial charge is 0.224 e. The van der Waals surface area contributed by atoms with E-state index in [1.807, 2.05) is 24.3 Å². The molecule has 0 bridgehead atoms. The number of nitrogens with zero attached hydrogens (tertiary/aromatic N) is 4. The maximum Gasteiger partial charge on any atom is 0.224 e. The molecule has 1 unspecified atom stereocenters. The van der Waals surface area contributed by atoms with Crippen LogP contribution in [0.15, 0.2) is 30.6 Å². The van der Waals surface area contributed by atoms with Crippen LogP contribution in [-0.2, 0) is 4.79 Å². The van der Waals surface area contributed by atoms with E-state index in [0.29, 0.717) is 18.3 Å². The predicted octanol–water partition coefficient (Wildman–Crippen LogP) is 2.05. The van der Waals surface area contributed by atoms with Gasteiger partial charge in [-0.05, 0) is 66.4 Å². The number of carbonyl (C=O) groups is 1. The maximum atomic E-state index is 12.3. The maximum absolute atomic E-state index is 12.3.